The average Bonchev–Trinajstić information content (AvgIpc) is 2.78. The van der Waals surface area contributed by atoms with Crippen LogP contribution in [0.25, 0.3) is 0 Å². The van der Waals surface area contributed by atoms with E-state index in [4.69, 9.17) is 21.1 Å². The molecule has 1 aromatic carbocycles. The summed E-state index contributed by atoms with van der Waals surface area (Å²) >= 11 is 5.74. The highest BCUT2D eigenvalue weighted by Crippen LogP contribution is 2.21. The number of hydrogen-bond donors (Lipinski definition) is 2. The van der Waals surface area contributed by atoms with Gasteiger partial charge in [0.15, 0.2) is 5.76 Å². The predicted molar refractivity (Wildman–Crippen MR) is 69.8 cm³/mol. The van der Waals surface area contributed by atoms with Crippen molar-refractivity contribution in [2.75, 3.05) is 5.32 Å². The fourth-order valence-electron chi connectivity index (χ4n) is 1.52. The van der Waals surface area contributed by atoms with Crippen molar-refractivity contribution >= 4 is 29.2 Å². The van der Waals surface area contributed by atoms with Gasteiger partial charge in [-0.1, -0.05) is 11.6 Å². The van der Waals surface area contributed by atoms with E-state index in [-0.39, 0.29) is 16.3 Å². The first-order chi connectivity index (χ1) is 8.97. The van der Waals surface area contributed by atoms with E-state index in [1.54, 1.807) is 19.1 Å². The van der Waals surface area contributed by atoms with Gasteiger partial charge < -0.3 is 14.8 Å². The highest BCUT2D eigenvalue weighted by Gasteiger charge is 2.13. The molecule has 2 aromatic rings. The molecule has 98 valence electrons. The second-order valence-corrected chi connectivity index (χ2v) is 4.27. The van der Waals surface area contributed by atoms with Crippen molar-refractivity contribution in [2.24, 2.45) is 0 Å². The van der Waals surface area contributed by atoms with Crippen LogP contribution in [-0.4, -0.2) is 17.0 Å². The first kappa shape index (κ1) is 13.2. The van der Waals surface area contributed by atoms with Crippen LogP contribution in [0.3, 0.4) is 0 Å². The quantitative estimate of drug-likeness (QED) is 0.904. The van der Waals surface area contributed by atoms with Crippen molar-refractivity contribution < 1.29 is 19.1 Å². The molecule has 0 aliphatic rings. The molecule has 1 heterocycles. The number of nitrogens with one attached hydrogen (secondary N) is 1. The van der Waals surface area contributed by atoms with Crippen molar-refractivity contribution in [1.29, 1.82) is 0 Å². The highest BCUT2D eigenvalue weighted by molar-refractivity contribution is 6.33. The second kappa shape index (κ2) is 5.16. The number of carbonyl (C=O) groups excluding carboxylic acids is 1. The van der Waals surface area contributed by atoms with E-state index >= 15 is 0 Å². The van der Waals surface area contributed by atoms with E-state index in [0.29, 0.717) is 11.4 Å². The number of halogens is 1. The fraction of sp³-hybridized carbons (Fsp3) is 0.0769. The van der Waals surface area contributed by atoms with Crippen molar-refractivity contribution in [1.82, 2.24) is 0 Å². The summed E-state index contributed by atoms with van der Waals surface area (Å²) in [7, 11) is 0. The van der Waals surface area contributed by atoms with Crippen molar-refractivity contribution in [3.05, 3.63) is 52.4 Å². The number of anilines is 1. The zero-order valence-corrected chi connectivity index (χ0v) is 10.7. The molecule has 0 radical (unpaired) electrons. The van der Waals surface area contributed by atoms with Gasteiger partial charge in [0.05, 0.1) is 10.6 Å². The Morgan fingerprint density at radius 2 is 2.00 bits per heavy atom. The highest BCUT2D eigenvalue weighted by atomic mass is 35.5. The number of rotatable bonds is 3. The standard InChI is InChI=1S/C13H10ClNO4/c1-7-2-5-11(19-7)12(16)15-8-3-4-10(14)9(6-8)13(17)18/h2-6H,1H3,(H,15,16)(H,17,18). The van der Waals surface area contributed by atoms with Gasteiger partial charge in [-0.3, -0.25) is 4.79 Å². The summed E-state index contributed by atoms with van der Waals surface area (Å²) in [4.78, 5) is 22.7. The lowest BCUT2D eigenvalue weighted by atomic mass is 10.2. The maximum absolute atomic E-state index is 11.8. The van der Waals surface area contributed by atoms with Crippen LogP contribution in [0.1, 0.15) is 26.7 Å². The molecule has 2 N–H and O–H groups in total. The number of furan rings is 1. The number of aromatic carboxylic acids is 1. The lowest BCUT2D eigenvalue weighted by Crippen LogP contribution is -2.11. The van der Waals surface area contributed by atoms with Crippen LogP contribution in [-0.2, 0) is 0 Å². The predicted octanol–water partition coefficient (Wildman–Crippen LogP) is 3.19. The minimum atomic E-state index is -1.16. The molecule has 6 heteroatoms. The van der Waals surface area contributed by atoms with Crippen molar-refractivity contribution in [3.8, 4) is 0 Å². The largest absolute Gasteiger partial charge is 0.478 e. The number of carbonyl (C=O) groups is 2. The van der Waals surface area contributed by atoms with Gasteiger partial charge in [-0.2, -0.15) is 0 Å². The lowest BCUT2D eigenvalue weighted by molar-refractivity contribution is 0.0696. The molecule has 0 bridgehead atoms. The molecule has 0 aliphatic heterocycles. The molecule has 0 aliphatic carbocycles. The van der Waals surface area contributed by atoms with E-state index in [1.807, 2.05) is 0 Å². The molecule has 0 spiro atoms. The van der Waals surface area contributed by atoms with Crippen LogP contribution >= 0.6 is 11.6 Å². The van der Waals surface area contributed by atoms with Crippen LogP contribution in [0.2, 0.25) is 5.02 Å². The molecular weight excluding hydrogens is 270 g/mol. The van der Waals surface area contributed by atoms with Gasteiger partial charge in [0, 0.05) is 5.69 Å². The SMILES string of the molecule is Cc1ccc(C(=O)Nc2ccc(Cl)c(C(=O)O)c2)o1. The van der Waals surface area contributed by atoms with Gasteiger partial charge >= 0.3 is 5.97 Å². The Kier molecular flexibility index (Phi) is 3.57. The molecule has 1 aromatic heterocycles. The Balaban J connectivity index is 2.22. The normalized spacial score (nSPS) is 10.2. The summed E-state index contributed by atoms with van der Waals surface area (Å²) in [5.41, 5.74) is 0.260. The zero-order valence-electron chi connectivity index (χ0n) is 9.94. The van der Waals surface area contributed by atoms with E-state index < -0.39 is 11.9 Å². The fourth-order valence-corrected chi connectivity index (χ4v) is 1.71. The van der Waals surface area contributed by atoms with Crippen LogP contribution < -0.4 is 5.32 Å². The van der Waals surface area contributed by atoms with Gasteiger partial charge in [0.25, 0.3) is 5.91 Å². The maximum atomic E-state index is 11.8. The maximum Gasteiger partial charge on any atom is 0.337 e. The summed E-state index contributed by atoms with van der Waals surface area (Å²) in [6, 6.07) is 7.42. The summed E-state index contributed by atoms with van der Waals surface area (Å²) in [5, 5.41) is 11.6. The first-order valence-electron chi connectivity index (χ1n) is 5.38. The number of amides is 1. The first-order valence-corrected chi connectivity index (χ1v) is 5.76. The van der Waals surface area contributed by atoms with Gasteiger partial charge in [-0.15, -0.1) is 0 Å². The number of hydrogen-bond acceptors (Lipinski definition) is 3. The number of carboxylic acid groups (broad SMARTS) is 1. The van der Waals surface area contributed by atoms with E-state index in [0.717, 1.165) is 0 Å². The van der Waals surface area contributed by atoms with E-state index in [1.165, 1.54) is 18.2 Å². The number of carboxylic acids is 1. The average molecular weight is 280 g/mol. The Bertz CT molecular complexity index is 648. The van der Waals surface area contributed by atoms with Crippen LogP contribution in [0.15, 0.2) is 34.7 Å². The molecule has 19 heavy (non-hydrogen) atoms. The Morgan fingerprint density at radius 1 is 1.26 bits per heavy atom. The minimum Gasteiger partial charge on any atom is -0.478 e. The molecule has 1 amide bonds. The molecule has 0 saturated heterocycles. The second-order valence-electron chi connectivity index (χ2n) is 3.86. The van der Waals surface area contributed by atoms with Crippen LogP contribution in [0, 0.1) is 6.92 Å². The summed E-state index contributed by atoms with van der Waals surface area (Å²) in [5.74, 6) is -0.835. The summed E-state index contributed by atoms with van der Waals surface area (Å²) in [6.45, 7) is 1.72. The van der Waals surface area contributed by atoms with Crippen molar-refractivity contribution in [3.63, 3.8) is 0 Å². The third-order valence-electron chi connectivity index (χ3n) is 2.42. The monoisotopic (exact) mass is 279 g/mol. The van der Waals surface area contributed by atoms with Crippen LogP contribution in [0.5, 0.6) is 0 Å². The smallest absolute Gasteiger partial charge is 0.337 e. The third kappa shape index (κ3) is 2.95. The van der Waals surface area contributed by atoms with Crippen LogP contribution in [0.4, 0.5) is 5.69 Å². The Morgan fingerprint density at radius 3 is 2.58 bits per heavy atom. The van der Waals surface area contributed by atoms with Crippen molar-refractivity contribution in [2.45, 2.75) is 6.92 Å². The topological polar surface area (TPSA) is 79.5 Å². The molecule has 0 atom stereocenters. The van der Waals surface area contributed by atoms with Gasteiger partial charge in [0.1, 0.15) is 5.76 Å². The molecular formula is C13H10ClNO4. The minimum absolute atomic E-state index is 0.0740. The molecule has 0 unspecified atom stereocenters. The Hall–Kier alpha value is -2.27. The van der Waals surface area contributed by atoms with Gasteiger partial charge in [-0.05, 0) is 37.3 Å². The van der Waals surface area contributed by atoms with Gasteiger partial charge in [0.2, 0.25) is 0 Å². The number of aryl methyl sites for hydroxylation is 1. The zero-order chi connectivity index (χ0) is 14.0. The molecule has 0 saturated carbocycles. The molecule has 0 fully saturated rings. The van der Waals surface area contributed by atoms with Gasteiger partial charge in [-0.25, -0.2) is 4.79 Å². The van der Waals surface area contributed by atoms with E-state index in [9.17, 15) is 9.59 Å². The molecule has 2 rings (SSSR count). The lowest BCUT2D eigenvalue weighted by Gasteiger charge is -2.05. The molecule has 5 nitrogen and oxygen atoms in total. The summed E-state index contributed by atoms with van der Waals surface area (Å²) < 4.78 is 5.16. The third-order valence-corrected chi connectivity index (χ3v) is 2.75. The Labute approximate surface area is 113 Å². The van der Waals surface area contributed by atoms with E-state index in [2.05, 4.69) is 5.32 Å². The summed E-state index contributed by atoms with van der Waals surface area (Å²) in [6.07, 6.45) is 0. The number of benzene rings is 1.